The van der Waals surface area contributed by atoms with Gasteiger partial charge in [0.15, 0.2) is 0 Å². The van der Waals surface area contributed by atoms with Crippen molar-refractivity contribution in [1.29, 1.82) is 0 Å². The summed E-state index contributed by atoms with van der Waals surface area (Å²) in [7, 11) is 3.55. The van der Waals surface area contributed by atoms with E-state index in [-0.39, 0.29) is 18.1 Å². The molecule has 0 unspecified atom stereocenters. The van der Waals surface area contributed by atoms with Crippen LogP contribution in [0.15, 0.2) is 12.4 Å². The first-order chi connectivity index (χ1) is 10.7. The maximum absolute atomic E-state index is 12.1. The second-order valence-corrected chi connectivity index (χ2v) is 6.03. The smallest absolute Gasteiger partial charge is 0.249 e. The van der Waals surface area contributed by atoms with Crippen LogP contribution in [0, 0.1) is 0 Å². The van der Waals surface area contributed by atoms with Crippen LogP contribution in [0.4, 0.5) is 0 Å². The lowest BCUT2D eigenvalue weighted by atomic mass is 10.1. The number of fused-ring (bicyclic) bond motifs is 1. The summed E-state index contributed by atoms with van der Waals surface area (Å²) < 4.78 is 12.7. The molecule has 1 amide bonds. The minimum atomic E-state index is -0.330. The molecule has 7 nitrogen and oxygen atoms in total. The van der Waals surface area contributed by atoms with Gasteiger partial charge in [0.2, 0.25) is 5.91 Å². The number of hydrogen-bond donors (Lipinski definition) is 1. The highest BCUT2D eigenvalue weighted by molar-refractivity contribution is 5.81. The summed E-state index contributed by atoms with van der Waals surface area (Å²) in [5, 5.41) is 7.07. The van der Waals surface area contributed by atoms with E-state index in [2.05, 4.69) is 15.3 Å². The fraction of sp³-hybridized carbons (Fsp3) is 0.733. The lowest BCUT2D eigenvalue weighted by molar-refractivity contribution is -0.132. The van der Waals surface area contributed by atoms with Gasteiger partial charge in [0.1, 0.15) is 6.10 Å². The third-order valence-electron chi connectivity index (χ3n) is 4.44. The van der Waals surface area contributed by atoms with E-state index < -0.39 is 0 Å². The number of carbonyl (C=O) groups excluding carboxylic acids is 1. The van der Waals surface area contributed by atoms with Crippen LogP contribution in [-0.2, 0) is 27.9 Å². The molecule has 0 aromatic carbocycles. The summed E-state index contributed by atoms with van der Waals surface area (Å²) in [6, 6.07) is 0.332. The second-order valence-electron chi connectivity index (χ2n) is 6.03. The molecule has 0 saturated carbocycles. The molecular formula is C15H24N4O3. The van der Waals surface area contributed by atoms with Crippen molar-refractivity contribution >= 4 is 5.91 Å². The summed E-state index contributed by atoms with van der Waals surface area (Å²) >= 11 is 0. The van der Waals surface area contributed by atoms with E-state index in [0.717, 1.165) is 25.9 Å². The SMILES string of the molecule is COCCNC(=O)[C@H]1C[C@H]2[C@H](CCN2Cc2cnn(C)c2)O1. The maximum atomic E-state index is 12.1. The zero-order valence-corrected chi connectivity index (χ0v) is 13.2. The predicted octanol–water partition coefficient (Wildman–Crippen LogP) is -0.0855. The van der Waals surface area contributed by atoms with Crippen LogP contribution in [0.5, 0.6) is 0 Å². The highest BCUT2D eigenvalue weighted by Gasteiger charge is 2.45. The number of nitrogens with one attached hydrogen (secondary N) is 1. The Morgan fingerprint density at radius 1 is 1.59 bits per heavy atom. The average molecular weight is 308 g/mol. The van der Waals surface area contributed by atoms with Crippen LogP contribution in [0.1, 0.15) is 18.4 Å². The van der Waals surface area contributed by atoms with Gasteiger partial charge in [-0.2, -0.15) is 5.10 Å². The van der Waals surface area contributed by atoms with Crippen molar-refractivity contribution in [3.05, 3.63) is 18.0 Å². The molecule has 0 spiro atoms. The predicted molar refractivity (Wildman–Crippen MR) is 80.2 cm³/mol. The van der Waals surface area contributed by atoms with E-state index in [0.29, 0.717) is 19.2 Å². The maximum Gasteiger partial charge on any atom is 0.249 e. The Bertz CT molecular complexity index is 519. The molecule has 1 aromatic heterocycles. The first kappa shape index (κ1) is 15.5. The Labute approximate surface area is 130 Å². The van der Waals surface area contributed by atoms with E-state index in [4.69, 9.17) is 9.47 Å². The molecule has 0 radical (unpaired) electrons. The van der Waals surface area contributed by atoms with Crippen molar-refractivity contribution in [2.45, 2.75) is 37.6 Å². The number of carbonyl (C=O) groups is 1. The zero-order chi connectivity index (χ0) is 15.5. The van der Waals surface area contributed by atoms with Crippen molar-refractivity contribution in [1.82, 2.24) is 20.0 Å². The van der Waals surface area contributed by atoms with Crippen LogP contribution in [0.25, 0.3) is 0 Å². The van der Waals surface area contributed by atoms with Gasteiger partial charge < -0.3 is 14.8 Å². The van der Waals surface area contributed by atoms with Crippen molar-refractivity contribution in [3.63, 3.8) is 0 Å². The van der Waals surface area contributed by atoms with Gasteiger partial charge >= 0.3 is 0 Å². The van der Waals surface area contributed by atoms with E-state index in [1.807, 2.05) is 24.1 Å². The molecule has 3 heterocycles. The number of likely N-dealkylation sites (tertiary alicyclic amines) is 1. The van der Waals surface area contributed by atoms with Gasteiger partial charge in [-0.3, -0.25) is 14.4 Å². The molecule has 0 bridgehead atoms. The van der Waals surface area contributed by atoms with Crippen molar-refractivity contribution in [2.75, 3.05) is 26.8 Å². The number of nitrogens with zero attached hydrogens (tertiary/aromatic N) is 3. The van der Waals surface area contributed by atoms with Crippen LogP contribution in [0.3, 0.4) is 0 Å². The van der Waals surface area contributed by atoms with Crippen molar-refractivity contribution in [2.24, 2.45) is 7.05 Å². The van der Waals surface area contributed by atoms with E-state index in [1.165, 1.54) is 5.56 Å². The Morgan fingerprint density at radius 2 is 2.45 bits per heavy atom. The van der Waals surface area contributed by atoms with Crippen LogP contribution in [-0.4, -0.2) is 65.6 Å². The first-order valence-electron chi connectivity index (χ1n) is 7.81. The van der Waals surface area contributed by atoms with E-state index >= 15 is 0 Å². The minimum absolute atomic E-state index is 0.0206. The summed E-state index contributed by atoms with van der Waals surface area (Å²) in [6.45, 7) is 2.95. The average Bonchev–Trinajstić information content (AvgIpc) is 3.17. The molecule has 1 N–H and O–H groups in total. The quantitative estimate of drug-likeness (QED) is 0.744. The van der Waals surface area contributed by atoms with Crippen LogP contribution < -0.4 is 5.32 Å². The third kappa shape index (κ3) is 3.31. The Hall–Kier alpha value is -1.44. The van der Waals surface area contributed by atoms with Gasteiger partial charge in [-0.1, -0.05) is 0 Å². The van der Waals surface area contributed by atoms with Gasteiger partial charge in [-0.15, -0.1) is 0 Å². The summed E-state index contributed by atoms with van der Waals surface area (Å²) in [5.74, 6) is -0.0206. The second kappa shape index (κ2) is 6.76. The minimum Gasteiger partial charge on any atom is -0.383 e. The Morgan fingerprint density at radius 3 is 3.18 bits per heavy atom. The topological polar surface area (TPSA) is 68.6 Å². The zero-order valence-electron chi connectivity index (χ0n) is 13.2. The molecule has 2 fully saturated rings. The number of amides is 1. The van der Waals surface area contributed by atoms with Crippen LogP contribution >= 0.6 is 0 Å². The van der Waals surface area contributed by atoms with Gasteiger partial charge in [-0.05, 0) is 6.42 Å². The van der Waals surface area contributed by atoms with E-state index in [1.54, 1.807) is 7.11 Å². The van der Waals surface area contributed by atoms with Gasteiger partial charge in [0.05, 0.1) is 18.9 Å². The molecule has 3 rings (SSSR count). The van der Waals surface area contributed by atoms with E-state index in [9.17, 15) is 4.79 Å². The molecule has 0 aliphatic carbocycles. The molecule has 2 aliphatic rings. The molecule has 2 aliphatic heterocycles. The number of ether oxygens (including phenoxy) is 2. The summed E-state index contributed by atoms with van der Waals surface area (Å²) in [6.07, 6.45) is 5.55. The molecule has 7 heteroatoms. The number of methoxy groups -OCH3 is 1. The van der Waals surface area contributed by atoms with Crippen molar-refractivity contribution < 1.29 is 14.3 Å². The van der Waals surface area contributed by atoms with Gasteiger partial charge in [-0.25, -0.2) is 0 Å². The standard InChI is InChI=1S/C15H24N4O3/c1-18-9-11(8-17-18)10-19-5-3-13-12(19)7-14(22-13)15(20)16-4-6-21-2/h8-9,12-14H,3-7,10H2,1-2H3,(H,16,20)/t12-,13-,14+/m0/s1. The highest BCUT2D eigenvalue weighted by atomic mass is 16.5. The molecular weight excluding hydrogens is 284 g/mol. The fourth-order valence-corrected chi connectivity index (χ4v) is 3.38. The molecule has 122 valence electrons. The lowest BCUT2D eigenvalue weighted by Crippen LogP contribution is -2.37. The highest BCUT2D eigenvalue weighted by Crippen LogP contribution is 2.33. The lowest BCUT2D eigenvalue weighted by Gasteiger charge is -2.21. The normalized spacial score (nSPS) is 28.0. The number of hydrogen-bond acceptors (Lipinski definition) is 5. The number of aryl methyl sites for hydroxylation is 1. The largest absolute Gasteiger partial charge is 0.383 e. The molecule has 3 atom stereocenters. The summed E-state index contributed by atoms with van der Waals surface area (Å²) in [5.41, 5.74) is 1.20. The Kier molecular flexibility index (Phi) is 4.75. The third-order valence-corrected chi connectivity index (χ3v) is 4.44. The molecule has 22 heavy (non-hydrogen) atoms. The van der Waals surface area contributed by atoms with Gasteiger partial charge in [0.25, 0.3) is 0 Å². The molecule has 1 aromatic rings. The first-order valence-corrected chi connectivity index (χ1v) is 7.81. The monoisotopic (exact) mass is 308 g/mol. The van der Waals surface area contributed by atoms with Crippen LogP contribution in [0.2, 0.25) is 0 Å². The fourth-order valence-electron chi connectivity index (χ4n) is 3.38. The summed E-state index contributed by atoms with van der Waals surface area (Å²) in [4.78, 5) is 14.5. The Balaban J connectivity index is 1.53. The molecule has 2 saturated heterocycles. The number of aromatic nitrogens is 2. The van der Waals surface area contributed by atoms with Crippen molar-refractivity contribution in [3.8, 4) is 0 Å². The van der Waals surface area contributed by atoms with Gasteiger partial charge in [0, 0.05) is 58.0 Å². The number of rotatable bonds is 6.